The van der Waals surface area contributed by atoms with E-state index in [2.05, 4.69) is 32.9 Å². The van der Waals surface area contributed by atoms with Gasteiger partial charge in [-0.05, 0) is 36.0 Å². The molecule has 1 aromatic rings. The zero-order chi connectivity index (χ0) is 10.6. The van der Waals surface area contributed by atoms with Crippen LogP contribution in [0.5, 0.6) is 0 Å². The lowest BCUT2D eigenvalue weighted by molar-refractivity contribution is 0.335. The quantitative estimate of drug-likeness (QED) is 0.684. The fourth-order valence-corrected chi connectivity index (χ4v) is 1.85. The Labute approximate surface area is 92.3 Å². The first-order valence-electron chi connectivity index (χ1n) is 5.07. The van der Waals surface area contributed by atoms with E-state index in [-0.39, 0.29) is 0 Å². The SMILES string of the molecule is [CH2]CCC(C)(C)Cc1ccc(Cl)cc1. The van der Waals surface area contributed by atoms with Crippen molar-refractivity contribution in [2.45, 2.75) is 33.1 Å². The van der Waals surface area contributed by atoms with Gasteiger partial charge in [0.15, 0.2) is 0 Å². The van der Waals surface area contributed by atoms with Crippen LogP contribution >= 0.6 is 11.6 Å². The molecule has 1 rings (SSSR count). The monoisotopic (exact) mass is 209 g/mol. The molecule has 1 heteroatoms. The Kier molecular flexibility index (Phi) is 4.00. The van der Waals surface area contributed by atoms with Crippen LogP contribution in [-0.4, -0.2) is 0 Å². The van der Waals surface area contributed by atoms with E-state index in [4.69, 9.17) is 11.6 Å². The van der Waals surface area contributed by atoms with Crippen molar-refractivity contribution in [1.29, 1.82) is 0 Å². The molecule has 0 spiro atoms. The molecule has 1 radical (unpaired) electrons. The largest absolute Gasteiger partial charge is 0.0843 e. The molecule has 0 nitrogen and oxygen atoms in total. The Morgan fingerprint density at radius 1 is 1.21 bits per heavy atom. The van der Waals surface area contributed by atoms with Crippen molar-refractivity contribution < 1.29 is 0 Å². The zero-order valence-electron chi connectivity index (χ0n) is 9.02. The third-order valence-corrected chi connectivity index (χ3v) is 2.70. The first kappa shape index (κ1) is 11.6. The Bertz CT molecular complexity index is 272. The summed E-state index contributed by atoms with van der Waals surface area (Å²) >= 11 is 5.83. The summed E-state index contributed by atoms with van der Waals surface area (Å²) in [5.74, 6) is 0. The highest BCUT2D eigenvalue weighted by Crippen LogP contribution is 2.27. The van der Waals surface area contributed by atoms with Crippen LogP contribution in [0.15, 0.2) is 24.3 Å². The molecule has 0 atom stereocenters. The minimum Gasteiger partial charge on any atom is -0.0843 e. The minimum absolute atomic E-state index is 0.343. The van der Waals surface area contributed by atoms with E-state index < -0.39 is 0 Å². The van der Waals surface area contributed by atoms with Crippen LogP contribution in [-0.2, 0) is 6.42 Å². The molecule has 0 aliphatic heterocycles. The lowest BCUT2D eigenvalue weighted by atomic mass is 9.82. The molecule has 0 saturated carbocycles. The van der Waals surface area contributed by atoms with Gasteiger partial charge in [-0.3, -0.25) is 0 Å². The topological polar surface area (TPSA) is 0 Å². The predicted molar refractivity (Wildman–Crippen MR) is 63.5 cm³/mol. The third kappa shape index (κ3) is 3.71. The van der Waals surface area contributed by atoms with E-state index in [0.29, 0.717) is 5.41 Å². The fraction of sp³-hybridized carbons (Fsp3) is 0.462. The molecule has 0 saturated heterocycles. The van der Waals surface area contributed by atoms with Gasteiger partial charge in [-0.15, -0.1) is 0 Å². The van der Waals surface area contributed by atoms with Crippen molar-refractivity contribution in [2.24, 2.45) is 5.41 Å². The van der Waals surface area contributed by atoms with Crippen LogP contribution < -0.4 is 0 Å². The Balaban J connectivity index is 2.64. The molecule has 0 unspecified atom stereocenters. The van der Waals surface area contributed by atoms with Gasteiger partial charge in [0, 0.05) is 5.02 Å². The Morgan fingerprint density at radius 2 is 1.79 bits per heavy atom. The predicted octanol–water partition coefficient (Wildman–Crippen LogP) is 4.52. The summed E-state index contributed by atoms with van der Waals surface area (Å²) < 4.78 is 0. The molecule has 14 heavy (non-hydrogen) atoms. The first-order chi connectivity index (χ1) is 6.53. The second-order valence-corrected chi connectivity index (χ2v) is 5.01. The highest BCUT2D eigenvalue weighted by atomic mass is 35.5. The highest BCUT2D eigenvalue weighted by Gasteiger charge is 2.16. The minimum atomic E-state index is 0.343. The zero-order valence-corrected chi connectivity index (χ0v) is 9.77. The maximum atomic E-state index is 5.83. The summed E-state index contributed by atoms with van der Waals surface area (Å²) in [5, 5.41) is 0.809. The van der Waals surface area contributed by atoms with Gasteiger partial charge in [-0.2, -0.15) is 0 Å². The molecule has 0 aliphatic carbocycles. The lowest BCUT2D eigenvalue weighted by Gasteiger charge is -2.23. The molecule has 0 heterocycles. The molecular formula is C13H18Cl. The molecule has 0 N–H and O–H groups in total. The van der Waals surface area contributed by atoms with Gasteiger partial charge >= 0.3 is 0 Å². The average molecular weight is 210 g/mol. The van der Waals surface area contributed by atoms with Crippen LogP contribution in [0.3, 0.4) is 0 Å². The van der Waals surface area contributed by atoms with Gasteiger partial charge in [0.05, 0.1) is 0 Å². The summed E-state index contributed by atoms with van der Waals surface area (Å²) in [6.07, 6.45) is 3.26. The number of halogens is 1. The molecule has 0 aliphatic rings. The van der Waals surface area contributed by atoms with Crippen molar-refractivity contribution in [1.82, 2.24) is 0 Å². The maximum absolute atomic E-state index is 5.83. The van der Waals surface area contributed by atoms with Crippen molar-refractivity contribution >= 4 is 11.6 Å². The van der Waals surface area contributed by atoms with Crippen molar-refractivity contribution in [3.8, 4) is 0 Å². The number of hydrogen-bond donors (Lipinski definition) is 0. The summed E-state index contributed by atoms with van der Waals surface area (Å²) in [5.41, 5.74) is 1.70. The highest BCUT2D eigenvalue weighted by molar-refractivity contribution is 6.30. The standard InChI is InChI=1S/C13H18Cl/c1-4-9-13(2,3)10-11-5-7-12(14)8-6-11/h5-8H,1,4,9-10H2,2-3H3. The summed E-state index contributed by atoms with van der Waals surface area (Å²) in [4.78, 5) is 0. The normalized spacial score (nSPS) is 11.7. The molecule has 1 aromatic carbocycles. The van der Waals surface area contributed by atoms with E-state index in [1.54, 1.807) is 0 Å². The maximum Gasteiger partial charge on any atom is 0.0406 e. The number of benzene rings is 1. The van der Waals surface area contributed by atoms with Crippen molar-refractivity contribution in [2.75, 3.05) is 0 Å². The van der Waals surface area contributed by atoms with Gasteiger partial charge < -0.3 is 0 Å². The van der Waals surface area contributed by atoms with Crippen LogP contribution in [0.1, 0.15) is 32.3 Å². The molecule has 0 amide bonds. The molecule has 77 valence electrons. The van der Waals surface area contributed by atoms with Gasteiger partial charge in [0.1, 0.15) is 0 Å². The van der Waals surface area contributed by atoms with E-state index in [0.717, 1.165) is 24.3 Å². The number of rotatable bonds is 4. The molecular weight excluding hydrogens is 192 g/mol. The van der Waals surface area contributed by atoms with Gasteiger partial charge in [-0.25, -0.2) is 0 Å². The summed E-state index contributed by atoms with van der Waals surface area (Å²) in [6.45, 7) is 8.47. The van der Waals surface area contributed by atoms with Crippen molar-refractivity contribution in [3.63, 3.8) is 0 Å². The van der Waals surface area contributed by atoms with Crippen LogP contribution in [0, 0.1) is 12.3 Å². The van der Waals surface area contributed by atoms with Crippen LogP contribution in [0.4, 0.5) is 0 Å². The first-order valence-corrected chi connectivity index (χ1v) is 5.45. The second-order valence-electron chi connectivity index (χ2n) is 4.57. The Morgan fingerprint density at radius 3 is 2.29 bits per heavy atom. The van der Waals surface area contributed by atoms with Gasteiger partial charge in [0.25, 0.3) is 0 Å². The Hall–Kier alpha value is -0.490. The fourth-order valence-electron chi connectivity index (χ4n) is 1.72. The van der Waals surface area contributed by atoms with Crippen molar-refractivity contribution in [3.05, 3.63) is 41.8 Å². The van der Waals surface area contributed by atoms with Gasteiger partial charge in [-0.1, -0.05) is 50.9 Å². The molecule has 0 bridgehead atoms. The van der Waals surface area contributed by atoms with Crippen LogP contribution in [0.25, 0.3) is 0 Å². The van der Waals surface area contributed by atoms with E-state index in [1.807, 2.05) is 12.1 Å². The summed E-state index contributed by atoms with van der Waals surface area (Å²) in [6, 6.07) is 8.12. The third-order valence-electron chi connectivity index (χ3n) is 2.45. The summed E-state index contributed by atoms with van der Waals surface area (Å²) in [7, 11) is 0. The molecule has 0 aromatic heterocycles. The lowest BCUT2D eigenvalue weighted by Crippen LogP contribution is -2.14. The smallest absolute Gasteiger partial charge is 0.0406 e. The van der Waals surface area contributed by atoms with Gasteiger partial charge in [0.2, 0.25) is 0 Å². The van der Waals surface area contributed by atoms with E-state index in [1.165, 1.54) is 5.56 Å². The second kappa shape index (κ2) is 4.84. The van der Waals surface area contributed by atoms with E-state index >= 15 is 0 Å². The van der Waals surface area contributed by atoms with E-state index in [9.17, 15) is 0 Å². The number of hydrogen-bond acceptors (Lipinski definition) is 0. The molecule has 0 fully saturated rings. The van der Waals surface area contributed by atoms with Crippen LogP contribution in [0.2, 0.25) is 5.02 Å². The average Bonchev–Trinajstić information content (AvgIpc) is 2.08.